The molecule has 0 bridgehead atoms. The van der Waals surface area contributed by atoms with E-state index in [1.165, 1.54) is 34.0 Å². The minimum Gasteiger partial charge on any atom is -0.505 e. The highest BCUT2D eigenvalue weighted by molar-refractivity contribution is 8.77. The Morgan fingerprint density at radius 2 is 1.43 bits per heavy atom. The molecule has 3 heterocycles. The van der Waals surface area contributed by atoms with Gasteiger partial charge in [0.2, 0.25) is 0 Å². The van der Waals surface area contributed by atoms with Gasteiger partial charge in [0, 0.05) is 0 Å². The van der Waals surface area contributed by atoms with E-state index >= 15 is 0 Å². The summed E-state index contributed by atoms with van der Waals surface area (Å²) < 4.78 is 0. The van der Waals surface area contributed by atoms with Crippen LogP contribution >= 0.6 is 21.6 Å². The first-order valence-electron chi connectivity index (χ1n) is 3.81. The Morgan fingerprint density at radius 3 is 1.93 bits per heavy atom. The van der Waals surface area contributed by atoms with Crippen LogP contribution in [0.4, 0.5) is 0 Å². The molecule has 6 heteroatoms. The van der Waals surface area contributed by atoms with Crippen LogP contribution in [-0.4, -0.2) is 20.2 Å². The summed E-state index contributed by atoms with van der Waals surface area (Å²) in [5.41, 5.74) is 0.558. The van der Waals surface area contributed by atoms with Crippen LogP contribution in [0.2, 0.25) is 0 Å². The zero-order valence-electron chi connectivity index (χ0n) is 6.76. The fourth-order valence-electron chi connectivity index (χ4n) is 1.34. The van der Waals surface area contributed by atoms with Gasteiger partial charge in [0.25, 0.3) is 0 Å². The van der Waals surface area contributed by atoms with E-state index < -0.39 is 0 Å². The molecule has 4 nitrogen and oxygen atoms in total. The van der Waals surface area contributed by atoms with E-state index in [4.69, 9.17) is 0 Å². The molecule has 0 fully saturated rings. The van der Waals surface area contributed by atoms with Crippen molar-refractivity contribution in [2.24, 2.45) is 0 Å². The molecule has 3 rings (SSSR count). The summed E-state index contributed by atoms with van der Waals surface area (Å²) in [4.78, 5) is 9.44. The van der Waals surface area contributed by atoms with Crippen LogP contribution in [0.25, 0.3) is 11.0 Å². The average molecular weight is 224 g/mol. The number of rotatable bonds is 0. The minimum absolute atomic E-state index is 0.140. The molecule has 0 unspecified atom stereocenters. The Hall–Kier alpha value is -1.14. The number of aromatic hydroxyl groups is 2. The van der Waals surface area contributed by atoms with Gasteiger partial charge in [-0.2, -0.15) is 0 Å². The summed E-state index contributed by atoms with van der Waals surface area (Å²) in [6.07, 6.45) is 2.76. The molecular weight excluding hydrogens is 220 g/mol. The first-order chi connectivity index (χ1) is 6.77. The quantitative estimate of drug-likeness (QED) is 0.668. The molecule has 2 N–H and O–H groups in total. The Bertz CT molecular complexity index is 500. The molecule has 70 valence electrons. The summed E-state index contributed by atoms with van der Waals surface area (Å²) in [6, 6.07) is 0. The van der Waals surface area contributed by atoms with E-state index in [9.17, 15) is 10.2 Å². The second kappa shape index (κ2) is 2.68. The molecule has 14 heavy (non-hydrogen) atoms. The Morgan fingerprint density at radius 1 is 0.929 bits per heavy atom. The van der Waals surface area contributed by atoms with E-state index in [2.05, 4.69) is 9.97 Å². The van der Waals surface area contributed by atoms with Crippen molar-refractivity contribution in [2.75, 3.05) is 0 Å². The Kier molecular flexibility index (Phi) is 1.57. The normalized spacial score (nSPS) is 13.7. The summed E-state index contributed by atoms with van der Waals surface area (Å²) >= 11 is 0. The van der Waals surface area contributed by atoms with Gasteiger partial charge < -0.3 is 10.2 Å². The van der Waals surface area contributed by atoms with Crippen molar-refractivity contribution in [1.29, 1.82) is 0 Å². The van der Waals surface area contributed by atoms with Crippen LogP contribution in [0.5, 0.6) is 11.5 Å². The van der Waals surface area contributed by atoms with Crippen molar-refractivity contribution >= 4 is 32.6 Å². The van der Waals surface area contributed by atoms with E-state index in [1.54, 1.807) is 0 Å². The van der Waals surface area contributed by atoms with Crippen molar-refractivity contribution in [3.05, 3.63) is 12.4 Å². The smallest absolute Gasteiger partial charge is 0.161 e. The lowest BCUT2D eigenvalue weighted by atomic mass is 10.2. The molecule has 0 atom stereocenters. The number of pyridine rings is 2. The molecule has 0 aromatic carbocycles. The van der Waals surface area contributed by atoms with Gasteiger partial charge in [-0.05, 0) is 21.6 Å². The SMILES string of the molecule is Oc1cnc2ncc(O)c3c2c1SS3. The van der Waals surface area contributed by atoms with Gasteiger partial charge in [-0.25, -0.2) is 9.97 Å². The molecule has 0 amide bonds. The number of nitrogens with zero attached hydrogens (tertiary/aromatic N) is 2. The van der Waals surface area contributed by atoms with Gasteiger partial charge in [0.1, 0.15) is 11.5 Å². The average Bonchev–Trinajstić information content (AvgIpc) is 2.62. The predicted molar refractivity (Wildman–Crippen MR) is 54.6 cm³/mol. The Balaban J connectivity index is 2.55. The van der Waals surface area contributed by atoms with E-state index in [0.717, 1.165) is 15.2 Å². The van der Waals surface area contributed by atoms with Gasteiger partial charge in [-0.3, -0.25) is 0 Å². The van der Waals surface area contributed by atoms with E-state index in [1.807, 2.05) is 0 Å². The topological polar surface area (TPSA) is 66.2 Å². The van der Waals surface area contributed by atoms with E-state index in [0.29, 0.717) is 5.65 Å². The van der Waals surface area contributed by atoms with Crippen LogP contribution in [0.15, 0.2) is 22.2 Å². The maximum atomic E-state index is 9.53. The maximum Gasteiger partial charge on any atom is 0.161 e. The van der Waals surface area contributed by atoms with Crippen LogP contribution in [0, 0.1) is 0 Å². The molecule has 0 saturated carbocycles. The molecule has 1 aliphatic rings. The van der Waals surface area contributed by atoms with Crippen LogP contribution < -0.4 is 0 Å². The summed E-state index contributed by atoms with van der Waals surface area (Å²) in [5, 5.41) is 19.8. The zero-order valence-corrected chi connectivity index (χ0v) is 8.39. The Labute approximate surface area is 86.8 Å². The molecule has 1 aliphatic heterocycles. The fraction of sp³-hybridized carbons (Fsp3) is 0. The van der Waals surface area contributed by atoms with Crippen molar-refractivity contribution in [1.82, 2.24) is 9.97 Å². The molecule has 2 aromatic rings. The third-order valence-corrected chi connectivity index (χ3v) is 4.46. The lowest BCUT2D eigenvalue weighted by Crippen LogP contribution is -1.85. The largest absolute Gasteiger partial charge is 0.505 e. The van der Waals surface area contributed by atoms with Crippen LogP contribution in [0.1, 0.15) is 0 Å². The van der Waals surface area contributed by atoms with Crippen molar-refractivity contribution < 1.29 is 10.2 Å². The third-order valence-electron chi connectivity index (χ3n) is 1.97. The van der Waals surface area contributed by atoms with Crippen molar-refractivity contribution in [2.45, 2.75) is 9.79 Å². The van der Waals surface area contributed by atoms with Gasteiger partial charge >= 0.3 is 0 Å². The zero-order chi connectivity index (χ0) is 9.71. The standard InChI is InChI=1S/C8H4N2O2S2/c11-3-1-9-8-5-6(3)13-14-7(5)4(12)2-10-8/h1-2,11-12H. The van der Waals surface area contributed by atoms with Gasteiger partial charge in [0.15, 0.2) is 5.65 Å². The summed E-state index contributed by atoms with van der Waals surface area (Å²) in [6.45, 7) is 0. The highest BCUT2D eigenvalue weighted by Crippen LogP contribution is 2.56. The van der Waals surface area contributed by atoms with Crippen LogP contribution in [0.3, 0.4) is 0 Å². The molecule has 0 saturated heterocycles. The lowest BCUT2D eigenvalue weighted by Gasteiger charge is -2.00. The van der Waals surface area contributed by atoms with Crippen LogP contribution in [-0.2, 0) is 0 Å². The predicted octanol–water partition coefficient (Wildman–Crippen LogP) is 2.15. The first-order valence-corrected chi connectivity index (χ1v) is 5.96. The second-order valence-electron chi connectivity index (χ2n) is 2.81. The summed E-state index contributed by atoms with van der Waals surface area (Å²) in [5.74, 6) is 0.280. The third kappa shape index (κ3) is 0.921. The molecule has 0 radical (unpaired) electrons. The second-order valence-corrected chi connectivity index (χ2v) is 4.96. The summed E-state index contributed by atoms with van der Waals surface area (Å²) in [7, 11) is 2.83. The molecule has 0 spiro atoms. The van der Waals surface area contributed by atoms with Crippen molar-refractivity contribution in [3.63, 3.8) is 0 Å². The molecule has 2 aromatic heterocycles. The van der Waals surface area contributed by atoms with Gasteiger partial charge in [0.05, 0.1) is 27.6 Å². The number of aromatic nitrogens is 2. The fourth-order valence-corrected chi connectivity index (χ4v) is 3.91. The van der Waals surface area contributed by atoms with Gasteiger partial charge in [-0.1, -0.05) is 0 Å². The van der Waals surface area contributed by atoms with Crippen molar-refractivity contribution in [3.8, 4) is 11.5 Å². The minimum atomic E-state index is 0.140. The molecular formula is C8H4N2O2S2. The molecule has 0 aliphatic carbocycles. The van der Waals surface area contributed by atoms with Gasteiger partial charge in [-0.15, -0.1) is 0 Å². The lowest BCUT2D eigenvalue weighted by molar-refractivity contribution is 0.457. The first kappa shape index (κ1) is 8.19. The van der Waals surface area contributed by atoms with E-state index in [-0.39, 0.29) is 11.5 Å². The number of hydrogen-bond donors (Lipinski definition) is 2. The highest BCUT2D eigenvalue weighted by atomic mass is 33.1. The maximum absolute atomic E-state index is 9.53. The number of hydrogen-bond acceptors (Lipinski definition) is 6. The highest BCUT2D eigenvalue weighted by Gasteiger charge is 2.23. The monoisotopic (exact) mass is 224 g/mol.